The lowest BCUT2D eigenvalue weighted by Crippen LogP contribution is -2.16. The van der Waals surface area contributed by atoms with Crippen LogP contribution in [-0.2, 0) is 21.7 Å². The third kappa shape index (κ3) is 22.8. The topological polar surface area (TPSA) is 102 Å². The van der Waals surface area contributed by atoms with Crippen molar-refractivity contribution in [2.75, 3.05) is 6.54 Å². The van der Waals surface area contributed by atoms with Crippen molar-refractivity contribution in [2.45, 2.75) is 168 Å². The highest BCUT2D eigenvalue weighted by Gasteiger charge is 2.20. The number of hydrogen-bond donors (Lipinski definition) is 0. The van der Waals surface area contributed by atoms with E-state index in [2.05, 4.69) is 170 Å². The van der Waals surface area contributed by atoms with Gasteiger partial charge in [-0.3, -0.25) is 15.0 Å². The Balaban J connectivity index is 0. The second-order valence-corrected chi connectivity index (χ2v) is 22.4. The molecule has 0 bridgehead atoms. The first-order valence-corrected chi connectivity index (χ1v) is 21.8. The lowest BCUT2D eigenvalue weighted by Gasteiger charge is -2.16. The van der Waals surface area contributed by atoms with Gasteiger partial charge in [0.15, 0.2) is 0 Å². The Morgan fingerprint density at radius 2 is 1.05 bits per heavy atom. The smallest absolute Gasteiger partial charge is 0.129 e. The van der Waals surface area contributed by atoms with E-state index < -0.39 is 0 Å². The molecule has 0 atom stereocenters. The van der Waals surface area contributed by atoms with Gasteiger partial charge >= 0.3 is 0 Å². The molecule has 0 spiro atoms. The van der Waals surface area contributed by atoms with Gasteiger partial charge in [0, 0.05) is 85.8 Å². The molecule has 0 N–H and O–H groups in total. The van der Waals surface area contributed by atoms with Crippen molar-refractivity contribution in [1.82, 2.24) is 24.3 Å². The molecule has 2 aliphatic rings. The predicted octanol–water partition coefficient (Wildman–Crippen LogP) is 14.3. The van der Waals surface area contributed by atoms with Gasteiger partial charge in [-0.05, 0) is 16.9 Å². The van der Waals surface area contributed by atoms with Crippen molar-refractivity contribution >= 4 is 63.8 Å². The van der Waals surface area contributed by atoms with E-state index in [1.165, 1.54) is 32.1 Å². The molecule has 0 aromatic carbocycles. The Morgan fingerprint density at radius 3 is 1.23 bits per heavy atom. The van der Waals surface area contributed by atoms with Crippen LogP contribution in [0.5, 0.6) is 0 Å². The summed E-state index contributed by atoms with van der Waals surface area (Å²) in [7, 11) is 0. The zero-order valence-corrected chi connectivity index (χ0v) is 39.7. The minimum absolute atomic E-state index is 0. The van der Waals surface area contributed by atoms with Gasteiger partial charge in [0.25, 0.3) is 0 Å². The highest BCUT2D eigenvalue weighted by molar-refractivity contribution is 7.10. The maximum absolute atomic E-state index is 4.24. The molecule has 0 fully saturated rings. The zero-order chi connectivity index (χ0) is 41.4. The van der Waals surface area contributed by atoms with E-state index in [-0.39, 0.29) is 47.3 Å². The van der Waals surface area contributed by atoms with Gasteiger partial charge in [-0.2, -0.15) is 4.37 Å². The fourth-order valence-electron chi connectivity index (χ4n) is 3.87. The van der Waals surface area contributed by atoms with Gasteiger partial charge < -0.3 is 0 Å². The summed E-state index contributed by atoms with van der Waals surface area (Å²) < 4.78 is 3.92. The van der Waals surface area contributed by atoms with Crippen LogP contribution < -0.4 is 0 Å². The molecule has 4 aromatic rings. The Kier molecular flexibility index (Phi) is 23.9. The molecule has 0 saturated carbocycles. The second-order valence-electron chi connectivity index (χ2n) is 18.9. The largest absolute Gasteiger partial charge is 0.265 e. The molecule has 8 nitrogen and oxygen atoms in total. The summed E-state index contributed by atoms with van der Waals surface area (Å²) in [4.78, 5) is 30.4. The van der Waals surface area contributed by atoms with Crippen molar-refractivity contribution < 1.29 is 0 Å². The molecular weight excluding hydrogens is 769 g/mol. The predicted molar refractivity (Wildman–Crippen MR) is 255 cm³/mol. The van der Waals surface area contributed by atoms with Crippen molar-refractivity contribution in [3.8, 4) is 0 Å². The van der Waals surface area contributed by atoms with Crippen LogP contribution in [0.2, 0.25) is 0 Å². The van der Waals surface area contributed by atoms with Crippen molar-refractivity contribution in [1.29, 1.82) is 0 Å². The SMILES string of the molecule is C.C.CC(C)(C)C1=CCC=N1.CC(C)(C)C1=NCC=N1.CC(C)(C)c1cncs1.CC(C)(C)c1nccs1.CC(C)(C)c1nccs1.CC(C)(C)c1ncns1. The highest BCUT2D eigenvalue weighted by Crippen LogP contribution is 2.28. The third-order valence-electron chi connectivity index (χ3n) is 6.94. The van der Waals surface area contributed by atoms with E-state index in [4.69, 9.17) is 0 Å². The monoisotopic (exact) mass is 845 g/mol. The van der Waals surface area contributed by atoms with Crippen molar-refractivity contribution in [3.63, 3.8) is 0 Å². The summed E-state index contributed by atoms with van der Waals surface area (Å²) in [5, 5.41) is 7.55. The summed E-state index contributed by atoms with van der Waals surface area (Å²) in [6, 6.07) is 0. The maximum atomic E-state index is 4.24. The molecule has 0 aliphatic carbocycles. The van der Waals surface area contributed by atoms with Crippen LogP contribution in [0.25, 0.3) is 0 Å². The fraction of sp³-hybridized carbons (Fsp3) is 0.636. The Bertz CT molecular complexity index is 1460. The zero-order valence-electron chi connectivity index (χ0n) is 36.4. The fourth-order valence-corrected chi connectivity index (χ4v) is 6.60. The van der Waals surface area contributed by atoms with Crippen molar-refractivity contribution in [3.05, 3.63) is 72.9 Å². The van der Waals surface area contributed by atoms with Crippen LogP contribution in [0, 0.1) is 10.8 Å². The molecular formula is C44H76N8S4. The van der Waals surface area contributed by atoms with Gasteiger partial charge in [0.2, 0.25) is 0 Å². The van der Waals surface area contributed by atoms with E-state index >= 15 is 0 Å². The first kappa shape index (κ1) is 55.3. The average molecular weight is 845 g/mol. The van der Waals surface area contributed by atoms with Gasteiger partial charge in [-0.25, -0.2) is 19.9 Å². The van der Waals surface area contributed by atoms with Crippen LogP contribution in [0.15, 0.2) is 67.9 Å². The number of hydrogen-bond acceptors (Lipinski definition) is 12. The Morgan fingerprint density at radius 1 is 0.536 bits per heavy atom. The number of thiazole rings is 3. The molecule has 316 valence electrons. The first-order chi connectivity index (χ1) is 24.6. The van der Waals surface area contributed by atoms with E-state index in [0.29, 0.717) is 0 Å². The number of allylic oxidation sites excluding steroid dienone is 2. The minimum atomic E-state index is 0. The van der Waals surface area contributed by atoms with E-state index in [1.54, 1.807) is 40.3 Å². The van der Waals surface area contributed by atoms with Crippen LogP contribution in [0.4, 0.5) is 0 Å². The van der Waals surface area contributed by atoms with Gasteiger partial charge in [-0.1, -0.05) is 146 Å². The molecule has 4 aromatic heterocycles. The van der Waals surface area contributed by atoms with Gasteiger partial charge in [-0.15, -0.1) is 34.0 Å². The molecule has 56 heavy (non-hydrogen) atoms. The third-order valence-corrected chi connectivity index (χ3v) is 11.6. The molecule has 0 saturated heterocycles. The van der Waals surface area contributed by atoms with Crippen LogP contribution >= 0.6 is 45.5 Å². The van der Waals surface area contributed by atoms with Crippen molar-refractivity contribution in [2.24, 2.45) is 25.8 Å². The number of amidine groups is 1. The molecule has 2 aliphatic heterocycles. The molecule has 6 rings (SSSR count). The number of aromatic nitrogens is 5. The van der Waals surface area contributed by atoms with E-state index in [0.717, 1.165) is 23.8 Å². The van der Waals surface area contributed by atoms with Gasteiger partial charge in [0.1, 0.15) is 17.2 Å². The molecule has 12 heteroatoms. The summed E-state index contributed by atoms with van der Waals surface area (Å²) in [5.41, 5.74) is 4.38. The standard InChI is InChI=1S/C8H13N.C7H12N2.3C7H11NS.C6H10N2S.2CH4/c1-8(2,3)7-5-4-6-9-7;1-7(2,3)6-8-4-5-9-6;1-7(2,3)6-4-8-5-9-6;2*1-7(2,3)6-8-4-5-9-6;1-6(2,3)5-7-4-8-9-5;;/h5-6H,4H2,1-3H3;4H,5H2,1-3H3;3*4-5H,1-3H3;4H,1-3H3;2*1H4. The Labute approximate surface area is 358 Å². The summed E-state index contributed by atoms with van der Waals surface area (Å²) in [6.07, 6.45) is 14.3. The Hall–Kier alpha value is -2.80. The van der Waals surface area contributed by atoms with Gasteiger partial charge in [0.05, 0.1) is 22.1 Å². The van der Waals surface area contributed by atoms with Crippen LogP contribution in [0.3, 0.4) is 0 Å². The molecule has 6 heterocycles. The highest BCUT2D eigenvalue weighted by atomic mass is 32.1. The maximum Gasteiger partial charge on any atom is 0.129 e. The normalized spacial score (nSPS) is 13.5. The summed E-state index contributed by atoms with van der Waals surface area (Å²) >= 11 is 6.62. The lowest BCUT2D eigenvalue weighted by atomic mass is 9.92. The quantitative estimate of drug-likeness (QED) is 0.175. The van der Waals surface area contributed by atoms with E-state index in [9.17, 15) is 0 Å². The summed E-state index contributed by atoms with van der Waals surface area (Å²) in [5.74, 6) is 0.975. The first-order valence-electron chi connectivity index (χ1n) is 18.4. The number of nitrogens with zero attached hydrogens (tertiary/aromatic N) is 8. The molecule has 0 radical (unpaired) electrons. The average Bonchev–Trinajstić information content (AvgIpc) is 3.89. The van der Waals surface area contributed by atoms with Crippen LogP contribution in [-0.4, -0.2) is 49.1 Å². The second kappa shape index (κ2) is 24.2. The van der Waals surface area contributed by atoms with Crippen LogP contribution in [0.1, 0.15) is 166 Å². The van der Waals surface area contributed by atoms with E-state index in [1.807, 2.05) is 47.3 Å². The molecule has 0 amide bonds. The lowest BCUT2D eigenvalue weighted by molar-refractivity contribution is 0.500. The number of rotatable bonds is 0. The minimum Gasteiger partial charge on any atom is -0.265 e. The summed E-state index contributed by atoms with van der Waals surface area (Å²) in [6.45, 7) is 39.7. The molecule has 0 unspecified atom stereocenters. The number of aliphatic imine (C=N–C) groups is 3.